The highest BCUT2D eigenvalue weighted by molar-refractivity contribution is 9.10. The van der Waals surface area contributed by atoms with E-state index in [1.165, 1.54) is 11.3 Å². The number of pyridine rings is 1. The zero-order valence-electron chi connectivity index (χ0n) is 12.2. The summed E-state index contributed by atoms with van der Waals surface area (Å²) in [6.45, 7) is 3.69. The Labute approximate surface area is 129 Å². The van der Waals surface area contributed by atoms with Crippen molar-refractivity contribution in [1.82, 2.24) is 10.3 Å². The van der Waals surface area contributed by atoms with Crippen LogP contribution in [0.15, 0.2) is 40.9 Å². The van der Waals surface area contributed by atoms with Crippen LogP contribution >= 0.6 is 15.9 Å². The van der Waals surface area contributed by atoms with Gasteiger partial charge in [0.25, 0.3) is 0 Å². The molecule has 0 aliphatic heterocycles. The van der Waals surface area contributed by atoms with Crippen molar-refractivity contribution in [2.45, 2.75) is 20.0 Å². The Morgan fingerprint density at radius 3 is 2.70 bits per heavy atom. The van der Waals surface area contributed by atoms with Crippen LogP contribution in [0.1, 0.15) is 17.0 Å². The summed E-state index contributed by atoms with van der Waals surface area (Å²) in [4.78, 5) is 6.75. The number of aromatic nitrogens is 1. The zero-order valence-corrected chi connectivity index (χ0v) is 13.7. The van der Waals surface area contributed by atoms with Gasteiger partial charge >= 0.3 is 0 Å². The van der Waals surface area contributed by atoms with Crippen LogP contribution in [-0.4, -0.2) is 19.1 Å². The van der Waals surface area contributed by atoms with Gasteiger partial charge in [0, 0.05) is 29.4 Å². The Morgan fingerprint density at radius 2 is 2.05 bits per heavy atom. The Kier molecular flexibility index (Phi) is 5.15. The molecule has 1 aromatic carbocycles. The van der Waals surface area contributed by atoms with Gasteiger partial charge in [-0.3, -0.25) is 4.98 Å². The molecule has 0 spiro atoms. The van der Waals surface area contributed by atoms with Crippen LogP contribution in [0.25, 0.3) is 0 Å². The first kappa shape index (κ1) is 15.0. The quantitative estimate of drug-likeness (QED) is 0.907. The summed E-state index contributed by atoms with van der Waals surface area (Å²) in [6, 6.07) is 12.6. The van der Waals surface area contributed by atoms with Crippen LogP contribution in [0.2, 0.25) is 0 Å². The molecule has 0 fully saturated rings. The van der Waals surface area contributed by atoms with E-state index in [4.69, 9.17) is 0 Å². The lowest BCUT2D eigenvalue weighted by Crippen LogP contribution is -2.17. The molecule has 20 heavy (non-hydrogen) atoms. The predicted molar refractivity (Wildman–Crippen MR) is 88.0 cm³/mol. The molecule has 1 aromatic heterocycles. The van der Waals surface area contributed by atoms with Crippen molar-refractivity contribution >= 4 is 21.6 Å². The molecule has 106 valence electrons. The molecule has 0 saturated heterocycles. The van der Waals surface area contributed by atoms with Crippen molar-refractivity contribution < 1.29 is 0 Å². The number of halogens is 1. The molecule has 0 amide bonds. The van der Waals surface area contributed by atoms with Gasteiger partial charge in [0.15, 0.2) is 0 Å². The smallest absolute Gasteiger partial charge is 0.0600 e. The number of benzene rings is 1. The molecule has 4 heteroatoms. The Bertz CT molecular complexity index is 584. The fourth-order valence-electron chi connectivity index (χ4n) is 2.13. The number of aryl methyl sites for hydroxylation is 1. The van der Waals surface area contributed by atoms with E-state index < -0.39 is 0 Å². The van der Waals surface area contributed by atoms with Crippen molar-refractivity contribution in [1.29, 1.82) is 0 Å². The highest BCUT2D eigenvalue weighted by Crippen LogP contribution is 2.24. The van der Waals surface area contributed by atoms with Crippen LogP contribution < -0.4 is 10.2 Å². The van der Waals surface area contributed by atoms with Crippen LogP contribution in [0.5, 0.6) is 0 Å². The monoisotopic (exact) mass is 333 g/mol. The second-order valence-electron chi connectivity index (χ2n) is 4.93. The molecule has 1 N–H and O–H groups in total. The van der Waals surface area contributed by atoms with Gasteiger partial charge < -0.3 is 10.2 Å². The highest BCUT2D eigenvalue weighted by Gasteiger charge is 2.06. The molecule has 0 atom stereocenters. The first-order valence-corrected chi connectivity index (χ1v) is 7.46. The van der Waals surface area contributed by atoms with Gasteiger partial charge in [-0.25, -0.2) is 0 Å². The molecular formula is C16H20BrN3. The molecule has 2 rings (SSSR count). The maximum absolute atomic E-state index is 4.54. The minimum Gasteiger partial charge on any atom is -0.369 e. The van der Waals surface area contributed by atoms with Gasteiger partial charge in [-0.2, -0.15) is 0 Å². The summed E-state index contributed by atoms with van der Waals surface area (Å²) in [6.07, 6.45) is 0. The molecule has 1 heterocycles. The largest absolute Gasteiger partial charge is 0.369 e. The standard InChI is InChI=1S/C16H20BrN3/c1-12-5-4-6-14(19-12)11-20(3)15-8-7-13(10-18-2)16(17)9-15/h4-9,18H,10-11H2,1-3H3. The average Bonchev–Trinajstić information content (AvgIpc) is 2.41. The third kappa shape index (κ3) is 3.81. The van der Waals surface area contributed by atoms with Crippen LogP contribution in [0.3, 0.4) is 0 Å². The van der Waals surface area contributed by atoms with Crippen molar-refractivity contribution in [3.63, 3.8) is 0 Å². The third-order valence-corrected chi connectivity index (χ3v) is 3.93. The number of anilines is 1. The maximum atomic E-state index is 4.54. The average molecular weight is 334 g/mol. The minimum absolute atomic E-state index is 0.805. The number of rotatable bonds is 5. The van der Waals surface area contributed by atoms with Gasteiger partial charge in [-0.05, 0) is 43.8 Å². The summed E-state index contributed by atoms with van der Waals surface area (Å²) in [5, 5.41) is 3.17. The molecule has 0 aliphatic rings. The normalized spacial score (nSPS) is 10.6. The lowest BCUT2D eigenvalue weighted by molar-refractivity contribution is 0.813. The van der Waals surface area contributed by atoms with E-state index >= 15 is 0 Å². The number of nitrogens with one attached hydrogen (secondary N) is 1. The molecular weight excluding hydrogens is 314 g/mol. The van der Waals surface area contributed by atoms with Gasteiger partial charge in [-0.1, -0.05) is 28.1 Å². The topological polar surface area (TPSA) is 28.2 Å². The van der Waals surface area contributed by atoms with Gasteiger partial charge in [0.1, 0.15) is 0 Å². The molecule has 3 nitrogen and oxygen atoms in total. The van der Waals surface area contributed by atoms with E-state index in [-0.39, 0.29) is 0 Å². The molecule has 0 radical (unpaired) electrons. The zero-order chi connectivity index (χ0) is 14.5. The first-order chi connectivity index (χ1) is 9.60. The first-order valence-electron chi connectivity index (χ1n) is 6.67. The fourth-order valence-corrected chi connectivity index (χ4v) is 2.64. The van der Waals surface area contributed by atoms with E-state index in [1.807, 2.05) is 20.0 Å². The third-order valence-electron chi connectivity index (χ3n) is 3.19. The van der Waals surface area contributed by atoms with E-state index in [9.17, 15) is 0 Å². The summed E-state index contributed by atoms with van der Waals surface area (Å²) in [5.41, 5.74) is 4.59. The molecule has 0 bridgehead atoms. The molecule has 0 unspecified atom stereocenters. The van der Waals surface area contributed by atoms with Crippen molar-refractivity contribution in [3.05, 3.63) is 57.8 Å². The molecule has 0 aliphatic carbocycles. The highest BCUT2D eigenvalue weighted by atomic mass is 79.9. The summed E-state index contributed by atoms with van der Waals surface area (Å²) >= 11 is 3.63. The molecule has 2 aromatic rings. The predicted octanol–water partition coefficient (Wildman–Crippen LogP) is 3.51. The van der Waals surface area contributed by atoms with Gasteiger partial charge in [-0.15, -0.1) is 0 Å². The van der Waals surface area contributed by atoms with Crippen LogP contribution in [-0.2, 0) is 13.1 Å². The van der Waals surface area contributed by atoms with E-state index in [0.717, 1.165) is 29.0 Å². The lowest BCUT2D eigenvalue weighted by atomic mass is 10.2. The lowest BCUT2D eigenvalue weighted by Gasteiger charge is -2.20. The second-order valence-corrected chi connectivity index (χ2v) is 5.79. The van der Waals surface area contributed by atoms with Crippen LogP contribution in [0.4, 0.5) is 5.69 Å². The minimum atomic E-state index is 0.805. The SMILES string of the molecule is CNCc1ccc(N(C)Cc2cccc(C)n2)cc1Br. The summed E-state index contributed by atoms with van der Waals surface area (Å²) in [5.74, 6) is 0. The molecule has 0 saturated carbocycles. The van der Waals surface area contributed by atoms with E-state index in [0.29, 0.717) is 0 Å². The van der Waals surface area contributed by atoms with Crippen molar-refractivity contribution in [3.8, 4) is 0 Å². The van der Waals surface area contributed by atoms with Gasteiger partial charge in [0.05, 0.1) is 12.2 Å². The number of hydrogen-bond acceptors (Lipinski definition) is 3. The Hall–Kier alpha value is -1.39. The van der Waals surface area contributed by atoms with Gasteiger partial charge in [0.2, 0.25) is 0 Å². The Morgan fingerprint density at radius 1 is 1.25 bits per heavy atom. The van der Waals surface area contributed by atoms with Crippen LogP contribution in [0, 0.1) is 6.92 Å². The fraction of sp³-hybridized carbons (Fsp3) is 0.312. The maximum Gasteiger partial charge on any atom is 0.0600 e. The van der Waals surface area contributed by atoms with E-state index in [2.05, 4.69) is 68.5 Å². The Balaban J connectivity index is 2.13. The van der Waals surface area contributed by atoms with Crippen molar-refractivity contribution in [2.75, 3.05) is 19.0 Å². The second kappa shape index (κ2) is 6.86. The van der Waals surface area contributed by atoms with E-state index in [1.54, 1.807) is 0 Å². The van der Waals surface area contributed by atoms with Crippen molar-refractivity contribution in [2.24, 2.45) is 0 Å². The number of hydrogen-bond donors (Lipinski definition) is 1. The summed E-state index contributed by atoms with van der Waals surface area (Å²) < 4.78 is 1.13. The summed E-state index contributed by atoms with van der Waals surface area (Å²) in [7, 11) is 4.04. The number of nitrogens with zero attached hydrogens (tertiary/aromatic N) is 2.